The van der Waals surface area contributed by atoms with Gasteiger partial charge < -0.3 is 15.4 Å². The zero-order valence-electron chi connectivity index (χ0n) is 16.6. The van der Waals surface area contributed by atoms with Gasteiger partial charge in [0.05, 0.1) is 5.56 Å². The van der Waals surface area contributed by atoms with Crippen molar-refractivity contribution in [1.29, 1.82) is 0 Å². The normalized spacial score (nSPS) is 10.2. The van der Waals surface area contributed by atoms with Gasteiger partial charge in [-0.05, 0) is 48.4 Å². The maximum absolute atomic E-state index is 12.2. The number of ether oxygens (including phenoxy) is 1. The number of hydrogen-bond acceptors (Lipinski definition) is 4. The van der Waals surface area contributed by atoms with Crippen molar-refractivity contribution in [1.82, 2.24) is 5.32 Å². The summed E-state index contributed by atoms with van der Waals surface area (Å²) in [5.41, 5.74) is 3.28. The lowest BCUT2D eigenvalue weighted by Crippen LogP contribution is -2.23. The molecule has 3 rings (SSSR count). The van der Waals surface area contributed by atoms with Crippen LogP contribution in [-0.4, -0.2) is 30.9 Å². The minimum Gasteiger partial charge on any atom is -0.452 e. The Kier molecular flexibility index (Phi) is 6.95. The van der Waals surface area contributed by atoms with Crippen LogP contribution in [0.2, 0.25) is 0 Å². The summed E-state index contributed by atoms with van der Waals surface area (Å²) in [4.78, 5) is 36.2. The van der Waals surface area contributed by atoms with E-state index >= 15 is 0 Å². The number of amides is 2. The molecule has 0 saturated heterocycles. The van der Waals surface area contributed by atoms with E-state index in [1.54, 1.807) is 36.4 Å². The van der Waals surface area contributed by atoms with Gasteiger partial charge in [0.15, 0.2) is 6.61 Å². The lowest BCUT2D eigenvalue weighted by molar-refractivity contribution is -0.119. The number of benzene rings is 3. The topological polar surface area (TPSA) is 84.5 Å². The van der Waals surface area contributed by atoms with Crippen molar-refractivity contribution in [2.75, 3.05) is 18.5 Å². The van der Waals surface area contributed by atoms with Crippen LogP contribution in [0.4, 0.5) is 5.69 Å². The number of esters is 1. The van der Waals surface area contributed by atoms with Gasteiger partial charge in [0.25, 0.3) is 11.8 Å². The summed E-state index contributed by atoms with van der Waals surface area (Å²) in [6, 6.07) is 23.3. The lowest BCUT2D eigenvalue weighted by Gasteiger charge is -2.09. The number of carbonyl (C=O) groups is 3. The second-order valence-corrected chi connectivity index (χ2v) is 6.51. The van der Waals surface area contributed by atoms with Gasteiger partial charge in [0, 0.05) is 17.8 Å². The summed E-state index contributed by atoms with van der Waals surface area (Å²) in [7, 11) is 0. The minimum atomic E-state index is -0.583. The molecule has 6 heteroatoms. The zero-order valence-corrected chi connectivity index (χ0v) is 16.6. The number of rotatable bonds is 7. The minimum absolute atomic E-state index is 0.223. The average Bonchev–Trinajstić information content (AvgIpc) is 2.78. The molecular formula is C24H22N2O4. The molecular weight excluding hydrogens is 380 g/mol. The van der Waals surface area contributed by atoms with Gasteiger partial charge in [-0.15, -0.1) is 0 Å². The van der Waals surface area contributed by atoms with Crippen molar-refractivity contribution in [3.63, 3.8) is 0 Å². The zero-order chi connectivity index (χ0) is 21.3. The standard InChI is InChI=1S/C24H22N2O4/c1-2-25-23(28)20-9-6-10-21(15-20)26-22(27)16-30-24(29)19-13-11-18(12-14-19)17-7-4-3-5-8-17/h3-15H,2,16H2,1H3,(H,25,28)(H,26,27). The molecule has 3 aromatic rings. The second-order valence-electron chi connectivity index (χ2n) is 6.51. The largest absolute Gasteiger partial charge is 0.452 e. The number of hydrogen-bond donors (Lipinski definition) is 2. The van der Waals surface area contributed by atoms with Crippen LogP contribution in [0.5, 0.6) is 0 Å². The molecule has 0 bridgehead atoms. The Morgan fingerprint density at radius 3 is 2.20 bits per heavy atom. The highest BCUT2D eigenvalue weighted by Crippen LogP contribution is 2.19. The molecule has 0 unspecified atom stereocenters. The van der Waals surface area contributed by atoms with Crippen molar-refractivity contribution in [2.24, 2.45) is 0 Å². The number of nitrogens with one attached hydrogen (secondary N) is 2. The predicted octanol–water partition coefficient (Wildman–Crippen LogP) is 3.90. The van der Waals surface area contributed by atoms with E-state index in [1.165, 1.54) is 0 Å². The molecule has 0 aliphatic carbocycles. The van der Waals surface area contributed by atoms with Gasteiger partial charge in [-0.1, -0.05) is 48.5 Å². The van der Waals surface area contributed by atoms with Crippen molar-refractivity contribution in [2.45, 2.75) is 6.92 Å². The van der Waals surface area contributed by atoms with Crippen LogP contribution in [0, 0.1) is 0 Å². The van der Waals surface area contributed by atoms with Crippen LogP contribution in [0.25, 0.3) is 11.1 Å². The van der Waals surface area contributed by atoms with E-state index in [1.807, 2.05) is 49.4 Å². The van der Waals surface area contributed by atoms with Crippen molar-refractivity contribution >= 4 is 23.5 Å². The first kappa shape index (κ1) is 20.8. The smallest absolute Gasteiger partial charge is 0.338 e. The first-order valence-corrected chi connectivity index (χ1v) is 9.57. The summed E-state index contributed by atoms with van der Waals surface area (Å²) < 4.78 is 5.09. The summed E-state index contributed by atoms with van der Waals surface area (Å²) in [6.45, 7) is 1.91. The van der Waals surface area contributed by atoms with E-state index < -0.39 is 18.5 Å². The fourth-order valence-electron chi connectivity index (χ4n) is 2.84. The average molecular weight is 402 g/mol. The highest BCUT2D eigenvalue weighted by atomic mass is 16.5. The molecule has 0 heterocycles. The Hall–Kier alpha value is -3.93. The maximum Gasteiger partial charge on any atom is 0.338 e. The molecule has 6 nitrogen and oxygen atoms in total. The summed E-state index contributed by atoms with van der Waals surface area (Å²) in [5, 5.41) is 5.31. The lowest BCUT2D eigenvalue weighted by atomic mass is 10.0. The molecule has 30 heavy (non-hydrogen) atoms. The van der Waals surface area contributed by atoms with Crippen molar-refractivity contribution < 1.29 is 19.1 Å². The van der Waals surface area contributed by atoms with E-state index in [0.717, 1.165) is 11.1 Å². The molecule has 0 fully saturated rings. The Morgan fingerprint density at radius 2 is 1.50 bits per heavy atom. The van der Waals surface area contributed by atoms with E-state index in [4.69, 9.17) is 4.74 Å². The maximum atomic E-state index is 12.2. The van der Waals surface area contributed by atoms with Gasteiger partial charge in [-0.25, -0.2) is 4.79 Å². The molecule has 2 N–H and O–H groups in total. The summed E-state index contributed by atoms with van der Waals surface area (Å²) >= 11 is 0. The van der Waals surface area contributed by atoms with Crippen molar-refractivity contribution in [3.05, 3.63) is 90.0 Å². The molecule has 0 aliphatic rings. The molecule has 0 aliphatic heterocycles. The fourth-order valence-corrected chi connectivity index (χ4v) is 2.84. The van der Waals surface area contributed by atoms with Crippen molar-refractivity contribution in [3.8, 4) is 11.1 Å². The number of anilines is 1. The molecule has 0 aromatic heterocycles. The molecule has 0 saturated carbocycles. The molecule has 0 atom stereocenters. The van der Waals surface area contributed by atoms with Gasteiger partial charge in [-0.2, -0.15) is 0 Å². The quantitative estimate of drug-likeness (QED) is 0.587. The Labute approximate surface area is 174 Å². The third-order valence-electron chi connectivity index (χ3n) is 4.31. The van der Waals surface area contributed by atoms with Crippen LogP contribution < -0.4 is 10.6 Å². The van der Waals surface area contributed by atoms with E-state index in [9.17, 15) is 14.4 Å². The van der Waals surface area contributed by atoms with Crippen LogP contribution in [0.3, 0.4) is 0 Å². The third kappa shape index (κ3) is 5.54. The first-order valence-electron chi connectivity index (χ1n) is 9.57. The molecule has 0 radical (unpaired) electrons. The predicted molar refractivity (Wildman–Crippen MR) is 115 cm³/mol. The highest BCUT2D eigenvalue weighted by Gasteiger charge is 2.12. The van der Waals surface area contributed by atoms with Gasteiger partial charge >= 0.3 is 5.97 Å². The van der Waals surface area contributed by atoms with Crippen LogP contribution in [0.1, 0.15) is 27.6 Å². The molecule has 2 amide bonds. The Balaban J connectivity index is 1.54. The highest BCUT2D eigenvalue weighted by molar-refractivity contribution is 5.98. The number of carbonyl (C=O) groups excluding carboxylic acids is 3. The van der Waals surface area contributed by atoms with Gasteiger partial charge in [-0.3, -0.25) is 9.59 Å². The molecule has 3 aromatic carbocycles. The van der Waals surface area contributed by atoms with E-state index in [0.29, 0.717) is 23.4 Å². The summed E-state index contributed by atoms with van der Waals surface area (Å²) in [5.74, 6) is -1.29. The Bertz CT molecular complexity index is 1030. The first-order chi connectivity index (χ1) is 14.6. The van der Waals surface area contributed by atoms with Gasteiger partial charge in [0.2, 0.25) is 0 Å². The van der Waals surface area contributed by atoms with Crippen LogP contribution >= 0.6 is 0 Å². The van der Waals surface area contributed by atoms with Crippen LogP contribution in [-0.2, 0) is 9.53 Å². The third-order valence-corrected chi connectivity index (χ3v) is 4.31. The van der Waals surface area contributed by atoms with E-state index in [-0.39, 0.29) is 5.91 Å². The Morgan fingerprint density at radius 1 is 0.800 bits per heavy atom. The SMILES string of the molecule is CCNC(=O)c1cccc(NC(=O)COC(=O)c2ccc(-c3ccccc3)cc2)c1. The summed E-state index contributed by atoms with van der Waals surface area (Å²) in [6.07, 6.45) is 0. The monoisotopic (exact) mass is 402 g/mol. The molecule has 0 spiro atoms. The van der Waals surface area contributed by atoms with E-state index in [2.05, 4.69) is 10.6 Å². The van der Waals surface area contributed by atoms with Gasteiger partial charge in [0.1, 0.15) is 0 Å². The second kappa shape index (κ2) is 10.0. The molecule has 152 valence electrons. The van der Waals surface area contributed by atoms with Crippen LogP contribution in [0.15, 0.2) is 78.9 Å². The fraction of sp³-hybridized carbons (Fsp3) is 0.125.